The SMILES string of the molecule is Cn1cc(-c2csc(-c3ccc(O)cc3)n2)cc1C(=O)O. The molecule has 0 aliphatic rings. The van der Waals surface area contributed by atoms with Crippen molar-refractivity contribution in [1.82, 2.24) is 9.55 Å². The van der Waals surface area contributed by atoms with Crippen LogP contribution >= 0.6 is 11.3 Å². The summed E-state index contributed by atoms with van der Waals surface area (Å²) in [5.41, 5.74) is 2.66. The van der Waals surface area contributed by atoms with Crippen LogP contribution in [-0.2, 0) is 7.05 Å². The zero-order chi connectivity index (χ0) is 15.0. The topological polar surface area (TPSA) is 75.3 Å². The number of hydrogen-bond donors (Lipinski definition) is 2. The molecule has 0 amide bonds. The number of aryl methyl sites for hydroxylation is 1. The number of carboxylic acid groups (broad SMARTS) is 1. The summed E-state index contributed by atoms with van der Waals surface area (Å²) in [5, 5.41) is 21.1. The van der Waals surface area contributed by atoms with Gasteiger partial charge in [0.05, 0.1) is 5.69 Å². The number of rotatable bonds is 3. The first-order valence-corrected chi connectivity index (χ1v) is 7.07. The van der Waals surface area contributed by atoms with Crippen molar-refractivity contribution in [3.8, 4) is 27.6 Å². The van der Waals surface area contributed by atoms with Crippen LogP contribution in [0.25, 0.3) is 21.8 Å². The largest absolute Gasteiger partial charge is 0.508 e. The van der Waals surface area contributed by atoms with Gasteiger partial charge in [-0.1, -0.05) is 0 Å². The van der Waals surface area contributed by atoms with Crippen molar-refractivity contribution in [3.05, 3.63) is 47.6 Å². The normalized spacial score (nSPS) is 10.7. The van der Waals surface area contributed by atoms with Crippen LogP contribution in [0.2, 0.25) is 0 Å². The molecule has 2 aromatic heterocycles. The third-order valence-electron chi connectivity index (χ3n) is 3.14. The van der Waals surface area contributed by atoms with Crippen LogP contribution in [0.1, 0.15) is 10.5 Å². The van der Waals surface area contributed by atoms with E-state index in [2.05, 4.69) is 4.98 Å². The lowest BCUT2D eigenvalue weighted by atomic mass is 10.2. The molecule has 3 rings (SSSR count). The summed E-state index contributed by atoms with van der Waals surface area (Å²) >= 11 is 1.48. The predicted octanol–water partition coefficient (Wildman–Crippen LogP) is 3.22. The number of benzene rings is 1. The van der Waals surface area contributed by atoms with Gasteiger partial charge in [-0.3, -0.25) is 0 Å². The summed E-state index contributed by atoms with van der Waals surface area (Å²) in [5.74, 6) is -0.748. The van der Waals surface area contributed by atoms with Crippen molar-refractivity contribution in [2.24, 2.45) is 7.05 Å². The number of carbonyl (C=O) groups is 1. The maximum Gasteiger partial charge on any atom is 0.352 e. The second-order valence-corrected chi connectivity index (χ2v) is 5.47. The first-order valence-electron chi connectivity index (χ1n) is 6.19. The van der Waals surface area contributed by atoms with Gasteiger partial charge in [-0.05, 0) is 30.3 Å². The fourth-order valence-corrected chi connectivity index (χ4v) is 2.90. The molecular weight excluding hydrogens is 288 g/mol. The maximum absolute atomic E-state index is 11.1. The third-order valence-corrected chi connectivity index (χ3v) is 4.03. The number of nitrogens with zero attached hydrogens (tertiary/aromatic N) is 2. The zero-order valence-corrected chi connectivity index (χ0v) is 12.0. The Hall–Kier alpha value is -2.60. The van der Waals surface area contributed by atoms with E-state index in [1.54, 1.807) is 48.1 Å². The van der Waals surface area contributed by atoms with Crippen LogP contribution in [0.3, 0.4) is 0 Å². The molecule has 1 aromatic carbocycles. The summed E-state index contributed by atoms with van der Waals surface area (Å²) in [7, 11) is 1.69. The summed E-state index contributed by atoms with van der Waals surface area (Å²) in [6, 6.07) is 8.43. The number of carboxylic acids is 1. The van der Waals surface area contributed by atoms with Crippen molar-refractivity contribution in [1.29, 1.82) is 0 Å². The summed E-state index contributed by atoms with van der Waals surface area (Å²) in [6.07, 6.45) is 1.75. The van der Waals surface area contributed by atoms with E-state index in [1.807, 2.05) is 5.38 Å². The van der Waals surface area contributed by atoms with Gasteiger partial charge in [-0.2, -0.15) is 0 Å². The van der Waals surface area contributed by atoms with Gasteiger partial charge in [0.1, 0.15) is 16.5 Å². The van der Waals surface area contributed by atoms with E-state index >= 15 is 0 Å². The van der Waals surface area contributed by atoms with Crippen LogP contribution < -0.4 is 0 Å². The number of hydrogen-bond acceptors (Lipinski definition) is 4. The molecule has 0 spiro atoms. The van der Waals surface area contributed by atoms with E-state index in [0.29, 0.717) is 0 Å². The molecule has 2 N–H and O–H groups in total. The molecule has 3 aromatic rings. The standard InChI is InChI=1S/C15H12N2O3S/c1-17-7-10(6-13(17)15(19)20)12-8-21-14(16-12)9-2-4-11(18)5-3-9/h2-8,18H,1H3,(H,19,20). The number of phenolic OH excluding ortho intramolecular Hbond substituents is 1. The predicted molar refractivity (Wildman–Crippen MR) is 80.6 cm³/mol. The summed E-state index contributed by atoms with van der Waals surface area (Å²) in [6.45, 7) is 0. The first-order chi connectivity index (χ1) is 10.0. The molecule has 0 radical (unpaired) electrons. The smallest absolute Gasteiger partial charge is 0.352 e. The molecule has 0 atom stereocenters. The monoisotopic (exact) mass is 300 g/mol. The van der Waals surface area contributed by atoms with E-state index in [0.717, 1.165) is 21.8 Å². The molecule has 0 saturated carbocycles. The van der Waals surface area contributed by atoms with E-state index in [-0.39, 0.29) is 11.4 Å². The second kappa shape index (κ2) is 5.06. The molecule has 106 valence electrons. The van der Waals surface area contributed by atoms with Gasteiger partial charge in [0.15, 0.2) is 0 Å². The minimum atomic E-state index is -0.960. The van der Waals surface area contributed by atoms with Gasteiger partial charge in [0, 0.05) is 29.8 Å². The van der Waals surface area contributed by atoms with Gasteiger partial charge >= 0.3 is 5.97 Å². The van der Waals surface area contributed by atoms with Crippen molar-refractivity contribution in [2.75, 3.05) is 0 Å². The number of aromatic nitrogens is 2. The van der Waals surface area contributed by atoms with Crippen LogP contribution in [0.4, 0.5) is 0 Å². The average molecular weight is 300 g/mol. The molecule has 2 heterocycles. The van der Waals surface area contributed by atoms with E-state index in [1.165, 1.54) is 11.3 Å². The molecule has 0 unspecified atom stereocenters. The van der Waals surface area contributed by atoms with Crippen LogP contribution in [-0.4, -0.2) is 25.7 Å². The molecule has 0 bridgehead atoms. The molecule has 5 nitrogen and oxygen atoms in total. The number of aromatic hydroxyl groups is 1. The van der Waals surface area contributed by atoms with E-state index in [9.17, 15) is 9.90 Å². The zero-order valence-electron chi connectivity index (χ0n) is 11.1. The molecule has 0 aliphatic heterocycles. The first kappa shape index (κ1) is 13.4. The maximum atomic E-state index is 11.1. The van der Waals surface area contributed by atoms with Gasteiger partial charge in [-0.15, -0.1) is 11.3 Å². The van der Waals surface area contributed by atoms with Crippen LogP contribution in [0, 0.1) is 0 Å². The quantitative estimate of drug-likeness (QED) is 0.778. The Morgan fingerprint density at radius 3 is 2.57 bits per heavy atom. The molecule has 0 fully saturated rings. The van der Waals surface area contributed by atoms with Gasteiger partial charge < -0.3 is 14.8 Å². The second-order valence-electron chi connectivity index (χ2n) is 4.61. The Balaban J connectivity index is 1.96. The van der Waals surface area contributed by atoms with Crippen LogP contribution in [0.15, 0.2) is 41.9 Å². The molecule has 6 heteroatoms. The Morgan fingerprint density at radius 1 is 1.24 bits per heavy atom. The lowest BCUT2D eigenvalue weighted by Gasteiger charge is -1.96. The average Bonchev–Trinajstić information content (AvgIpc) is 3.06. The van der Waals surface area contributed by atoms with Gasteiger partial charge in [-0.25, -0.2) is 9.78 Å². The highest BCUT2D eigenvalue weighted by atomic mass is 32.1. The highest BCUT2D eigenvalue weighted by Crippen LogP contribution is 2.30. The van der Waals surface area contributed by atoms with Gasteiger partial charge in [0.2, 0.25) is 0 Å². The molecular formula is C15H12N2O3S. The molecule has 21 heavy (non-hydrogen) atoms. The minimum Gasteiger partial charge on any atom is -0.508 e. The van der Waals surface area contributed by atoms with Crippen molar-refractivity contribution >= 4 is 17.3 Å². The number of phenols is 1. The highest BCUT2D eigenvalue weighted by Gasteiger charge is 2.13. The summed E-state index contributed by atoms with van der Waals surface area (Å²) in [4.78, 5) is 15.6. The third kappa shape index (κ3) is 2.53. The van der Waals surface area contributed by atoms with Gasteiger partial charge in [0.25, 0.3) is 0 Å². The van der Waals surface area contributed by atoms with Crippen LogP contribution in [0.5, 0.6) is 5.75 Å². The Bertz CT molecular complexity index is 803. The van der Waals surface area contributed by atoms with Crippen molar-refractivity contribution in [2.45, 2.75) is 0 Å². The van der Waals surface area contributed by atoms with Crippen molar-refractivity contribution < 1.29 is 15.0 Å². The fourth-order valence-electron chi connectivity index (χ4n) is 2.06. The summed E-state index contributed by atoms with van der Waals surface area (Å²) < 4.78 is 1.57. The minimum absolute atomic E-state index is 0.213. The Kier molecular flexibility index (Phi) is 3.23. The van der Waals surface area contributed by atoms with Crippen molar-refractivity contribution in [3.63, 3.8) is 0 Å². The lowest BCUT2D eigenvalue weighted by Crippen LogP contribution is -2.02. The lowest BCUT2D eigenvalue weighted by molar-refractivity contribution is 0.0686. The van der Waals surface area contributed by atoms with E-state index in [4.69, 9.17) is 5.11 Å². The number of thiazole rings is 1. The Labute approximate surface area is 124 Å². The molecule has 0 aliphatic carbocycles. The number of aromatic carboxylic acids is 1. The fraction of sp³-hybridized carbons (Fsp3) is 0.0667. The highest BCUT2D eigenvalue weighted by molar-refractivity contribution is 7.13. The molecule has 0 saturated heterocycles. The Morgan fingerprint density at radius 2 is 1.95 bits per heavy atom. The van der Waals surface area contributed by atoms with E-state index < -0.39 is 5.97 Å².